The van der Waals surface area contributed by atoms with Crippen LogP contribution in [0.4, 0.5) is 4.79 Å². The average molecular weight is 491 g/mol. The first kappa shape index (κ1) is 25.3. The van der Waals surface area contributed by atoms with Crippen LogP contribution >= 0.6 is 0 Å². The lowest BCUT2D eigenvalue weighted by Gasteiger charge is -2.31. The van der Waals surface area contributed by atoms with Crippen LogP contribution in [-0.4, -0.2) is 53.8 Å². The van der Waals surface area contributed by atoms with Gasteiger partial charge < -0.3 is 20.3 Å². The normalized spacial score (nSPS) is 18.5. The molecule has 0 aliphatic carbocycles. The lowest BCUT2D eigenvalue weighted by atomic mass is 9.95. The first-order chi connectivity index (χ1) is 17.2. The first-order valence-corrected chi connectivity index (χ1v) is 12.4. The highest BCUT2D eigenvalue weighted by molar-refractivity contribution is 6.03. The predicted molar refractivity (Wildman–Crippen MR) is 137 cm³/mol. The number of hydrogen-bond acceptors (Lipinski definition) is 4. The molecule has 0 aromatic heterocycles. The second kappa shape index (κ2) is 10.4. The van der Waals surface area contributed by atoms with Crippen molar-refractivity contribution in [2.45, 2.75) is 39.8 Å². The van der Waals surface area contributed by atoms with Gasteiger partial charge in [-0.1, -0.05) is 58.0 Å². The van der Waals surface area contributed by atoms with Crippen LogP contribution in [0.2, 0.25) is 0 Å². The number of hydrogen-bond donors (Lipinski definition) is 2. The Bertz CT molecular complexity index is 1180. The summed E-state index contributed by atoms with van der Waals surface area (Å²) < 4.78 is 5.98. The molecule has 190 valence electrons. The topological polar surface area (TPSA) is 91.0 Å². The van der Waals surface area contributed by atoms with E-state index < -0.39 is 12.1 Å². The number of benzene rings is 2. The number of nitrogens with one attached hydrogen (secondary N) is 2. The number of urea groups is 1. The van der Waals surface area contributed by atoms with Crippen molar-refractivity contribution in [3.8, 4) is 11.5 Å². The summed E-state index contributed by atoms with van der Waals surface area (Å²) >= 11 is 0. The highest BCUT2D eigenvalue weighted by Crippen LogP contribution is 2.38. The van der Waals surface area contributed by atoms with Crippen molar-refractivity contribution in [2.75, 3.05) is 20.1 Å². The van der Waals surface area contributed by atoms with Gasteiger partial charge in [-0.3, -0.25) is 14.5 Å². The van der Waals surface area contributed by atoms with Gasteiger partial charge in [-0.25, -0.2) is 4.79 Å². The number of nitrogens with zero attached hydrogens (tertiary/aromatic N) is 2. The SMILES string of the molecule is CC(C)CNC(=O)[C@@H](C(C)C)N1CC2=C(C1=O)[C@@H](c1cccc(Oc3ccccc3)c1)NC(=O)N2C. The van der Waals surface area contributed by atoms with E-state index in [0.717, 1.165) is 5.56 Å². The van der Waals surface area contributed by atoms with Crippen molar-refractivity contribution in [1.82, 2.24) is 20.4 Å². The summed E-state index contributed by atoms with van der Waals surface area (Å²) in [5, 5.41) is 5.93. The monoisotopic (exact) mass is 490 g/mol. The van der Waals surface area contributed by atoms with Gasteiger partial charge in [0.15, 0.2) is 0 Å². The van der Waals surface area contributed by atoms with E-state index in [4.69, 9.17) is 4.74 Å². The summed E-state index contributed by atoms with van der Waals surface area (Å²) in [5.74, 6) is 1.07. The summed E-state index contributed by atoms with van der Waals surface area (Å²) in [4.78, 5) is 42.9. The third kappa shape index (κ3) is 5.08. The summed E-state index contributed by atoms with van der Waals surface area (Å²) in [6.07, 6.45) is 0. The van der Waals surface area contributed by atoms with Gasteiger partial charge in [0, 0.05) is 13.6 Å². The van der Waals surface area contributed by atoms with Crippen molar-refractivity contribution in [1.29, 1.82) is 0 Å². The molecular weight excluding hydrogens is 456 g/mol. The zero-order valence-electron chi connectivity index (χ0n) is 21.4. The first-order valence-electron chi connectivity index (χ1n) is 12.4. The van der Waals surface area contributed by atoms with E-state index in [1.165, 1.54) is 4.90 Å². The fourth-order valence-corrected chi connectivity index (χ4v) is 4.66. The molecule has 2 heterocycles. The number of likely N-dealkylation sites (N-methyl/N-ethyl adjacent to an activating group) is 1. The lowest BCUT2D eigenvalue weighted by Crippen LogP contribution is -2.52. The Balaban J connectivity index is 1.64. The maximum atomic E-state index is 13.8. The Kier molecular flexibility index (Phi) is 7.33. The molecular formula is C28H34N4O4. The molecule has 0 unspecified atom stereocenters. The molecule has 0 fully saturated rings. The number of amides is 4. The summed E-state index contributed by atoms with van der Waals surface area (Å²) in [5.41, 5.74) is 1.83. The molecule has 0 spiro atoms. The van der Waals surface area contributed by atoms with Gasteiger partial charge in [0.25, 0.3) is 5.91 Å². The minimum absolute atomic E-state index is 0.0996. The molecule has 36 heavy (non-hydrogen) atoms. The summed E-state index contributed by atoms with van der Waals surface area (Å²) in [7, 11) is 1.65. The molecule has 2 aromatic rings. The molecule has 0 radical (unpaired) electrons. The number of rotatable bonds is 8. The summed E-state index contributed by atoms with van der Waals surface area (Å²) in [6, 6.07) is 15.2. The molecule has 0 saturated carbocycles. The van der Waals surface area contributed by atoms with E-state index in [9.17, 15) is 14.4 Å². The molecule has 4 rings (SSSR count). The second-order valence-corrected chi connectivity index (χ2v) is 10.1. The Morgan fingerprint density at radius 1 is 1.06 bits per heavy atom. The van der Waals surface area contributed by atoms with Crippen molar-refractivity contribution in [3.05, 3.63) is 71.4 Å². The van der Waals surface area contributed by atoms with Crippen LogP contribution in [0.3, 0.4) is 0 Å². The smallest absolute Gasteiger partial charge is 0.322 e. The molecule has 2 aliphatic heterocycles. The van der Waals surface area contributed by atoms with Crippen molar-refractivity contribution < 1.29 is 19.1 Å². The maximum absolute atomic E-state index is 13.8. The second-order valence-electron chi connectivity index (χ2n) is 10.1. The third-order valence-corrected chi connectivity index (χ3v) is 6.48. The van der Waals surface area contributed by atoms with E-state index >= 15 is 0 Å². The van der Waals surface area contributed by atoms with Crippen molar-refractivity contribution in [2.24, 2.45) is 11.8 Å². The minimum Gasteiger partial charge on any atom is -0.457 e. The van der Waals surface area contributed by atoms with E-state index in [1.54, 1.807) is 11.9 Å². The Morgan fingerprint density at radius 2 is 1.75 bits per heavy atom. The highest BCUT2D eigenvalue weighted by atomic mass is 16.5. The van der Waals surface area contributed by atoms with Gasteiger partial charge in [0.05, 0.1) is 23.9 Å². The maximum Gasteiger partial charge on any atom is 0.322 e. The highest BCUT2D eigenvalue weighted by Gasteiger charge is 2.47. The van der Waals surface area contributed by atoms with Crippen molar-refractivity contribution >= 4 is 17.8 Å². The van der Waals surface area contributed by atoms with Crippen LogP contribution in [0.15, 0.2) is 65.9 Å². The Hall–Kier alpha value is -3.81. The Morgan fingerprint density at radius 3 is 2.42 bits per heavy atom. The number of para-hydroxylation sites is 1. The molecule has 2 aliphatic rings. The largest absolute Gasteiger partial charge is 0.457 e. The van der Waals surface area contributed by atoms with Gasteiger partial charge in [0.2, 0.25) is 5.91 Å². The molecule has 0 saturated heterocycles. The van der Waals surface area contributed by atoms with Crippen LogP contribution in [0.25, 0.3) is 0 Å². The number of carbonyl (C=O) groups is 3. The zero-order valence-corrected chi connectivity index (χ0v) is 21.4. The van der Waals surface area contributed by atoms with Gasteiger partial charge in [0.1, 0.15) is 17.5 Å². The quantitative estimate of drug-likeness (QED) is 0.584. The van der Waals surface area contributed by atoms with Gasteiger partial charge in [-0.2, -0.15) is 0 Å². The third-order valence-electron chi connectivity index (χ3n) is 6.48. The molecule has 2 aromatic carbocycles. The average Bonchev–Trinajstić information content (AvgIpc) is 3.17. The predicted octanol–water partition coefficient (Wildman–Crippen LogP) is 4.07. The van der Waals surface area contributed by atoms with Crippen LogP contribution in [0.5, 0.6) is 11.5 Å². The van der Waals surface area contributed by atoms with Gasteiger partial charge in [-0.05, 0) is 41.7 Å². The molecule has 0 bridgehead atoms. The van der Waals surface area contributed by atoms with Crippen LogP contribution < -0.4 is 15.4 Å². The fourth-order valence-electron chi connectivity index (χ4n) is 4.66. The van der Waals surface area contributed by atoms with Crippen LogP contribution in [0, 0.1) is 11.8 Å². The van der Waals surface area contributed by atoms with E-state index in [0.29, 0.717) is 35.2 Å². The minimum atomic E-state index is -0.646. The molecule has 2 N–H and O–H groups in total. The number of ether oxygens (including phenoxy) is 1. The van der Waals surface area contributed by atoms with Crippen molar-refractivity contribution in [3.63, 3.8) is 0 Å². The zero-order chi connectivity index (χ0) is 26.0. The molecule has 2 atom stereocenters. The van der Waals surface area contributed by atoms with E-state index in [2.05, 4.69) is 10.6 Å². The van der Waals surface area contributed by atoms with Gasteiger partial charge >= 0.3 is 6.03 Å². The molecule has 8 nitrogen and oxygen atoms in total. The number of carbonyl (C=O) groups excluding carboxylic acids is 3. The molecule has 8 heteroatoms. The van der Waals surface area contributed by atoms with Gasteiger partial charge in [-0.15, -0.1) is 0 Å². The van der Waals surface area contributed by atoms with E-state index in [-0.39, 0.29) is 30.3 Å². The fraction of sp³-hybridized carbons (Fsp3) is 0.393. The Labute approximate surface area is 212 Å². The van der Waals surface area contributed by atoms with Crippen LogP contribution in [-0.2, 0) is 9.59 Å². The van der Waals surface area contributed by atoms with E-state index in [1.807, 2.05) is 82.3 Å². The molecule has 4 amide bonds. The lowest BCUT2D eigenvalue weighted by molar-refractivity contribution is -0.138. The van der Waals surface area contributed by atoms with Crippen LogP contribution in [0.1, 0.15) is 39.3 Å². The standard InChI is InChI=1S/C28H34N4O4/c1-17(2)15-29-26(33)25(18(3)4)32-16-22-23(27(32)34)24(30-28(35)31(22)5)19-10-9-13-21(14-19)36-20-11-7-6-8-12-20/h6-14,17-18,24-25H,15-16H2,1-5H3,(H,29,33)(H,30,35)/t24-,25-/m1/s1. The summed E-state index contributed by atoms with van der Waals surface area (Å²) in [6.45, 7) is 8.65.